The maximum absolute atomic E-state index is 13.2. The number of hydrogen-bond acceptors (Lipinski definition) is 6. The molecule has 2 aliphatic rings. The lowest BCUT2D eigenvalue weighted by atomic mass is 9.88. The molecular weight excluding hydrogens is 492 g/mol. The number of rotatable bonds is 6. The second kappa shape index (κ2) is 10.7. The number of nitrogens with one attached hydrogen (secondary N) is 1. The van der Waals surface area contributed by atoms with Gasteiger partial charge < -0.3 is 14.8 Å². The fourth-order valence-electron chi connectivity index (χ4n) is 4.65. The van der Waals surface area contributed by atoms with Crippen molar-refractivity contribution in [3.63, 3.8) is 0 Å². The number of sulfonamides is 1. The maximum Gasteiger partial charge on any atom is 0.338 e. The normalized spacial score (nSPS) is 22.8. The van der Waals surface area contributed by atoms with E-state index in [1.54, 1.807) is 13.8 Å². The highest BCUT2D eigenvalue weighted by atomic mass is 35.5. The quantitative estimate of drug-likeness (QED) is 0.585. The zero-order valence-corrected chi connectivity index (χ0v) is 21.3. The monoisotopic (exact) mass is 520 g/mol. The van der Waals surface area contributed by atoms with Crippen LogP contribution in [0, 0.1) is 0 Å². The third-order valence-corrected chi connectivity index (χ3v) is 8.52. The zero-order valence-electron chi connectivity index (χ0n) is 19.7. The Morgan fingerprint density at radius 3 is 2.60 bits per heavy atom. The number of nitrogens with zero attached hydrogens (tertiary/aromatic N) is 1. The van der Waals surface area contributed by atoms with E-state index < -0.39 is 28.5 Å². The molecule has 0 bridgehead atoms. The van der Waals surface area contributed by atoms with Gasteiger partial charge >= 0.3 is 5.97 Å². The second-order valence-corrected chi connectivity index (χ2v) is 11.3. The van der Waals surface area contributed by atoms with E-state index in [0.29, 0.717) is 0 Å². The summed E-state index contributed by atoms with van der Waals surface area (Å²) < 4.78 is 38.6. The van der Waals surface area contributed by atoms with Gasteiger partial charge in [0.05, 0.1) is 28.8 Å². The van der Waals surface area contributed by atoms with Crippen LogP contribution < -0.4 is 5.32 Å². The van der Waals surface area contributed by atoms with Crippen LogP contribution in [-0.4, -0.2) is 56.5 Å². The van der Waals surface area contributed by atoms with E-state index in [0.717, 1.165) is 24.8 Å². The molecule has 1 heterocycles. The first-order valence-electron chi connectivity index (χ1n) is 11.6. The molecule has 1 amide bonds. The SMILES string of the molecule is C[C@@H]1CN(S(=O)(=O)c2cc(C(=O)OCC(=O)N[C@@H]3CCCc4ccccc43)ccc2Cl)C[C@H](C)O1. The molecule has 0 spiro atoms. The molecule has 1 fully saturated rings. The Bertz CT molecular complexity index is 1210. The summed E-state index contributed by atoms with van der Waals surface area (Å²) in [5.41, 5.74) is 2.29. The minimum atomic E-state index is -3.96. The lowest BCUT2D eigenvalue weighted by Gasteiger charge is -2.34. The fraction of sp³-hybridized carbons (Fsp3) is 0.440. The topological polar surface area (TPSA) is 102 Å². The number of carbonyl (C=O) groups excluding carboxylic acids is 2. The number of amides is 1. The highest BCUT2D eigenvalue weighted by molar-refractivity contribution is 7.89. The zero-order chi connectivity index (χ0) is 25.2. The molecule has 3 atom stereocenters. The van der Waals surface area contributed by atoms with Crippen LogP contribution in [0.2, 0.25) is 5.02 Å². The van der Waals surface area contributed by atoms with Crippen LogP contribution in [0.4, 0.5) is 0 Å². The number of carbonyl (C=O) groups is 2. The third kappa shape index (κ3) is 5.86. The molecule has 10 heteroatoms. The Labute approximate surface area is 210 Å². The van der Waals surface area contributed by atoms with Gasteiger partial charge in [-0.15, -0.1) is 0 Å². The number of morpholine rings is 1. The van der Waals surface area contributed by atoms with Crippen molar-refractivity contribution in [3.05, 3.63) is 64.2 Å². The van der Waals surface area contributed by atoms with Crippen LogP contribution in [-0.2, 0) is 30.7 Å². The van der Waals surface area contributed by atoms with Gasteiger partial charge in [-0.1, -0.05) is 35.9 Å². The van der Waals surface area contributed by atoms with Crippen LogP contribution in [0.3, 0.4) is 0 Å². The van der Waals surface area contributed by atoms with Crippen molar-refractivity contribution in [1.29, 1.82) is 0 Å². The van der Waals surface area contributed by atoms with Crippen molar-refractivity contribution in [1.82, 2.24) is 9.62 Å². The van der Waals surface area contributed by atoms with Gasteiger partial charge in [0.2, 0.25) is 10.0 Å². The van der Waals surface area contributed by atoms with E-state index in [9.17, 15) is 18.0 Å². The van der Waals surface area contributed by atoms with Crippen molar-refractivity contribution in [2.75, 3.05) is 19.7 Å². The van der Waals surface area contributed by atoms with Gasteiger partial charge in [0.1, 0.15) is 4.90 Å². The predicted molar refractivity (Wildman–Crippen MR) is 131 cm³/mol. The summed E-state index contributed by atoms with van der Waals surface area (Å²) in [4.78, 5) is 24.9. The molecule has 4 rings (SSSR count). The minimum Gasteiger partial charge on any atom is -0.452 e. The van der Waals surface area contributed by atoms with Gasteiger partial charge in [-0.3, -0.25) is 4.79 Å². The summed E-state index contributed by atoms with van der Waals surface area (Å²) in [6.45, 7) is 3.49. The van der Waals surface area contributed by atoms with Crippen LogP contribution >= 0.6 is 11.6 Å². The largest absolute Gasteiger partial charge is 0.452 e. The van der Waals surface area contributed by atoms with Crippen LogP contribution in [0.15, 0.2) is 47.4 Å². The molecule has 8 nitrogen and oxygen atoms in total. The number of hydrogen-bond donors (Lipinski definition) is 1. The van der Waals surface area contributed by atoms with E-state index in [1.807, 2.05) is 18.2 Å². The molecule has 1 saturated heterocycles. The summed E-state index contributed by atoms with van der Waals surface area (Å²) in [6.07, 6.45) is 2.21. The predicted octanol–water partition coefficient (Wildman–Crippen LogP) is 3.49. The van der Waals surface area contributed by atoms with Gasteiger partial charge in [-0.25, -0.2) is 13.2 Å². The molecule has 0 radical (unpaired) electrons. The van der Waals surface area contributed by atoms with Crippen molar-refractivity contribution in [3.8, 4) is 0 Å². The molecule has 188 valence electrons. The molecule has 0 unspecified atom stereocenters. The molecular formula is C25H29ClN2O6S. The number of aryl methyl sites for hydroxylation is 1. The van der Waals surface area contributed by atoms with Gasteiger partial charge in [0, 0.05) is 13.1 Å². The maximum atomic E-state index is 13.2. The molecule has 1 aliphatic carbocycles. The molecule has 1 aliphatic heterocycles. The van der Waals surface area contributed by atoms with E-state index in [2.05, 4.69) is 11.4 Å². The van der Waals surface area contributed by atoms with Crippen LogP contribution in [0.1, 0.15) is 54.2 Å². The number of benzene rings is 2. The average Bonchev–Trinajstić information content (AvgIpc) is 2.82. The fourth-order valence-corrected chi connectivity index (χ4v) is 6.74. The van der Waals surface area contributed by atoms with E-state index >= 15 is 0 Å². The molecule has 0 aromatic heterocycles. The number of ether oxygens (including phenoxy) is 2. The Kier molecular flexibility index (Phi) is 7.80. The first-order chi connectivity index (χ1) is 16.6. The standard InChI is InChI=1S/C25H29ClN2O6S/c1-16-13-28(14-17(2)34-16)35(31,32)23-12-19(10-11-21(23)26)25(30)33-15-24(29)27-22-9-5-7-18-6-3-4-8-20(18)22/h3-4,6,8,10-12,16-17,22H,5,7,9,13-15H2,1-2H3,(H,27,29)/t16-,17+,22-/m1/s1. The van der Waals surface area contributed by atoms with Crippen molar-refractivity contribution < 1.29 is 27.5 Å². The third-order valence-electron chi connectivity index (χ3n) is 6.21. The molecule has 2 aromatic rings. The number of esters is 1. The van der Waals surface area contributed by atoms with Crippen molar-refractivity contribution in [2.45, 2.75) is 56.3 Å². The van der Waals surface area contributed by atoms with Gasteiger partial charge in [-0.05, 0) is 62.4 Å². The Morgan fingerprint density at radius 2 is 1.86 bits per heavy atom. The summed E-state index contributed by atoms with van der Waals surface area (Å²) >= 11 is 6.20. The molecule has 1 N–H and O–H groups in total. The smallest absolute Gasteiger partial charge is 0.338 e. The number of halogens is 1. The average molecular weight is 521 g/mol. The highest BCUT2D eigenvalue weighted by Crippen LogP contribution is 2.30. The summed E-state index contributed by atoms with van der Waals surface area (Å²) in [5, 5.41) is 2.93. The molecule has 0 saturated carbocycles. The van der Waals surface area contributed by atoms with Crippen molar-refractivity contribution >= 4 is 33.5 Å². The Morgan fingerprint density at radius 1 is 1.14 bits per heavy atom. The molecule has 35 heavy (non-hydrogen) atoms. The van der Waals surface area contributed by atoms with Gasteiger partial charge in [0.15, 0.2) is 6.61 Å². The van der Waals surface area contributed by atoms with Gasteiger partial charge in [-0.2, -0.15) is 4.31 Å². The molecule has 2 aromatic carbocycles. The minimum absolute atomic E-state index is 0.00172. The first-order valence-corrected chi connectivity index (χ1v) is 13.5. The summed E-state index contributed by atoms with van der Waals surface area (Å²) in [5.74, 6) is -1.22. The lowest BCUT2D eigenvalue weighted by molar-refractivity contribution is -0.125. The van der Waals surface area contributed by atoms with Crippen LogP contribution in [0.5, 0.6) is 0 Å². The number of fused-ring (bicyclic) bond motifs is 1. The van der Waals surface area contributed by atoms with E-state index in [-0.39, 0.29) is 46.8 Å². The first kappa shape index (κ1) is 25.6. The van der Waals surface area contributed by atoms with Crippen molar-refractivity contribution in [2.24, 2.45) is 0 Å². The summed E-state index contributed by atoms with van der Waals surface area (Å²) in [6, 6.07) is 11.8. The lowest BCUT2D eigenvalue weighted by Crippen LogP contribution is -2.48. The van der Waals surface area contributed by atoms with E-state index in [4.69, 9.17) is 21.1 Å². The highest BCUT2D eigenvalue weighted by Gasteiger charge is 2.34. The van der Waals surface area contributed by atoms with Gasteiger partial charge in [0.25, 0.3) is 5.91 Å². The second-order valence-electron chi connectivity index (χ2n) is 9.01. The van der Waals surface area contributed by atoms with E-state index in [1.165, 1.54) is 28.1 Å². The Balaban J connectivity index is 1.41. The van der Waals surface area contributed by atoms with Crippen LogP contribution in [0.25, 0.3) is 0 Å². The Hall–Kier alpha value is -2.46. The summed E-state index contributed by atoms with van der Waals surface area (Å²) in [7, 11) is -3.96.